The summed E-state index contributed by atoms with van der Waals surface area (Å²) < 4.78 is 0. The first kappa shape index (κ1) is 8.39. The van der Waals surface area contributed by atoms with Gasteiger partial charge in [-0.2, -0.15) is 0 Å². The van der Waals surface area contributed by atoms with Crippen LogP contribution in [0.2, 0.25) is 0 Å². The first-order chi connectivity index (χ1) is 4.09. The summed E-state index contributed by atoms with van der Waals surface area (Å²) in [4.78, 5) is 13.8. The van der Waals surface area contributed by atoms with Crippen molar-refractivity contribution in [2.75, 3.05) is 0 Å². The fraction of sp³-hybridized carbons (Fsp3) is 0.800. The van der Waals surface area contributed by atoms with Gasteiger partial charge in [-0.15, -0.1) is 0 Å². The molecule has 0 bridgehead atoms. The largest absolute Gasteiger partial charge is 0.479 e. The molecular weight excluding hydrogens is 124 g/mol. The summed E-state index contributed by atoms with van der Waals surface area (Å²) in [6.07, 6.45) is -1.11. The predicted molar refractivity (Wildman–Crippen MR) is 30.0 cm³/mol. The number of carboxylic acid groups (broad SMARTS) is 1. The normalized spacial score (nSPS) is 13.8. The molecule has 0 aliphatic rings. The molecule has 1 atom stereocenters. The molecule has 0 aromatic heterocycles. The van der Waals surface area contributed by atoms with Gasteiger partial charge in [-0.3, -0.25) is 5.26 Å². The van der Waals surface area contributed by atoms with Crippen LogP contribution in [0.4, 0.5) is 0 Å². The Hall–Kier alpha value is -0.610. The topological polar surface area (TPSA) is 66.8 Å². The molecule has 0 saturated heterocycles. The molecule has 0 heterocycles. The van der Waals surface area contributed by atoms with Crippen LogP contribution < -0.4 is 0 Å². The van der Waals surface area contributed by atoms with E-state index in [0.717, 1.165) is 0 Å². The number of carbonyl (C=O) groups is 1. The fourth-order valence-electron chi connectivity index (χ4n) is 0.452. The molecule has 0 saturated carbocycles. The van der Waals surface area contributed by atoms with Gasteiger partial charge in [0.05, 0.1) is 0 Å². The van der Waals surface area contributed by atoms with E-state index in [1.165, 1.54) is 0 Å². The van der Waals surface area contributed by atoms with E-state index in [2.05, 4.69) is 4.89 Å². The average molecular weight is 134 g/mol. The molecule has 2 N–H and O–H groups in total. The number of aliphatic carboxylic acids is 1. The molecule has 0 radical (unpaired) electrons. The van der Waals surface area contributed by atoms with Crippen LogP contribution in [0.25, 0.3) is 0 Å². The molecule has 4 heteroatoms. The van der Waals surface area contributed by atoms with E-state index >= 15 is 0 Å². The average Bonchev–Trinajstić information content (AvgIpc) is 1.64. The minimum absolute atomic E-state index is 0.215. The first-order valence-electron chi connectivity index (χ1n) is 2.62. The molecule has 54 valence electrons. The summed E-state index contributed by atoms with van der Waals surface area (Å²) in [7, 11) is 0. The summed E-state index contributed by atoms with van der Waals surface area (Å²) >= 11 is 0. The van der Waals surface area contributed by atoms with Gasteiger partial charge in [0, 0.05) is 0 Å². The number of hydrogen-bond acceptors (Lipinski definition) is 3. The maximum Gasteiger partial charge on any atom is 0.336 e. The Kier molecular flexibility index (Phi) is 3.19. The number of carboxylic acids is 1. The van der Waals surface area contributed by atoms with Crippen LogP contribution >= 0.6 is 0 Å². The zero-order chi connectivity index (χ0) is 7.44. The van der Waals surface area contributed by atoms with E-state index in [-0.39, 0.29) is 5.92 Å². The molecule has 9 heavy (non-hydrogen) atoms. The third kappa shape index (κ3) is 2.43. The van der Waals surface area contributed by atoms with Crippen LogP contribution in [0.5, 0.6) is 0 Å². The fourth-order valence-corrected chi connectivity index (χ4v) is 0.452. The van der Waals surface area contributed by atoms with Gasteiger partial charge in [0.15, 0.2) is 6.10 Å². The van der Waals surface area contributed by atoms with E-state index in [9.17, 15) is 4.79 Å². The van der Waals surface area contributed by atoms with Crippen LogP contribution in [0.1, 0.15) is 13.8 Å². The maximum atomic E-state index is 10.1. The van der Waals surface area contributed by atoms with Crippen molar-refractivity contribution in [2.24, 2.45) is 5.92 Å². The molecule has 0 aromatic rings. The highest BCUT2D eigenvalue weighted by Crippen LogP contribution is 2.03. The van der Waals surface area contributed by atoms with E-state index in [1.54, 1.807) is 13.8 Å². The van der Waals surface area contributed by atoms with Crippen LogP contribution in [0, 0.1) is 5.92 Å². The quantitative estimate of drug-likeness (QED) is 0.437. The summed E-state index contributed by atoms with van der Waals surface area (Å²) in [5, 5.41) is 16.2. The van der Waals surface area contributed by atoms with E-state index < -0.39 is 12.1 Å². The molecule has 1 unspecified atom stereocenters. The Labute approximate surface area is 53.0 Å². The minimum atomic E-state index is -1.15. The zero-order valence-electron chi connectivity index (χ0n) is 5.37. The summed E-state index contributed by atoms with van der Waals surface area (Å²) in [5.41, 5.74) is 0. The Morgan fingerprint density at radius 2 is 2.00 bits per heavy atom. The van der Waals surface area contributed by atoms with Crippen LogP contribution in [-0.4, -0.2) is 22.4 Å². The highest BCUT2D eigenvalue weighted by molar-refractivity contribution is 5.72. The van der Waals surface area contributed by atoms with Crippen molar-refractivity contribution < 1.29 is 20.0 Å². The second-order valence-electron chi connectivity index (χ2n) is 2.11. The van der Waals surface area contributed by atoms with Crippen LogP contribution in [-0.2, 0) is 9.68 Å². The summed E-state index contributed by atoms with van der Waals surface area (Å²) in [5.74, 6) is -1.36. The molecule has 0 aliphatic heterocycles. The summed E-state index contributed by atoms with van der Waals surface area (Å²) in [6.45, 7) is 3.30. The van der Waals surface area contributed by atoms with Crippen molar-refractivity contribution in [1.29, 1.82) is 0 Å². The Morgan fingerprint density at radius 3 is 2.00 bits per heavy atom. The molecule has 0 amide bonds. The van der Waals surface area contributed by atoms with Crippen molar-refractivity contribution in [3.05, 3.63) is 0 Å². The number of hydrogen-bond donors (Lipinski definition) is 2. The lowest BCUT2D eigenvalue weighted by Gasteiger charge is -2.10. The maximum absolute atomic E-state index is 10.1. The molecule has 0 spiro atoms. The third-order valence-corrected chi connectivity index (χ3v) is 0.962. The molecule has 0 aliphatic carbocycles. The van der Waals surface area contributed by atoms with Crippen molar-refractivity contribution in [3.8, 4) is 0 Å². The molecule has 0 rings (SSSR count). The van der Waals surface area contributed by atoms with Gasteiger partial charge in [-0.1, -0.05) is 13.8 Å². The standard InChI is InChI=1S/C5H10O4/c1-3(2)4(9-8)5(6)7/h3-4,8H,1-2H3,(H,6,7). The van der Waals surface area contributed by atoms with Crippen molar-refractivity contribution in [1.82, 2.24) is 0 Å². The van der Waals surface area contributed by atoms with Gasteiger partial charge >= 0.3 is 5.97 Å². The monoisotopic (exact) mass is 134 g/mol. The predicted octanol–water partition coefficient (Wildman–Crippen LogP) is 0.585. The van der Waals surface area contributed by atoms with Crippen molar-refractivity contribution >= 4 is 5.97 Å². The Balaban J connectivity index is 3.83. The van der Waals surface area contributed by atoms with Crippen LogP contribution in [0.15, 0.2) is 0 Å². The van der Waals surface area contributed by atoms with Gasteiger partial charge < -0.3 is 5.11 Å². The smallest absolute Gasteiger partial charge is 0.336 e. The second kappa shape index (κ2) is 3.42. The molecule has 0 aromatic carbocycles. The number of rotatable bonds is 3. The molecular formula is C5H10O4. The van der Waals surface area contributed by atoms with Gasteiger partial charge in [0.1, 0.15) is 0 Å². The van der Waals surface area contributed by atoms with E-state index in [0.29, 0.717) is 0 Å². The summed E-state index contributed by atoms with van der Waals surface area (Å²) in [6, 6.07) is 0. The highest BCUT2D eigenvalue weighted by Gasteiger charge is 2.21. The molecule has 4 nitrogen and oxygen atoms in total. The van der Waals surface area contributed by atoms with Gasteiger partial charge in [-0.25, -0.2) is 9.68 Å². The minimum Gasteiger partial charge on any atom is -0.479 e. The lowest BCUT2D eigenvalue weighted by molar-refractivity contribution is -0.284. The Bertz CT molecular complexity index is 99.1. The lowest BCUT2D eigenvalue weighted by atomic mass is 10.1. The van der Waals surface area contributed by atoms with Gasteiger partial charge in [0.2, 0.25) is 0 Å². The van der Waals surface area contributed by atoms with Gasteiger partial charge in [0.25, 0.3) is 0 Å². The highest BCUT2D eigenvalue weighted by atomic mass is 17.1. The van der Waals surface area contributed by atoms with E-state index in [1.807, 2.05) is 0 Å². The van der Waals surface area contributed by atoms with Crippen molar-refractivity contribution in [3.63, 3.8) is 0 Å². The SMILES string of the molecule is CC(C)C(OO)C(=O)O. The van der Waals surface area contributed by atoms with Crippen LogP contribution in [0.3, 0.4) is 0 Å². The second-order valence-corrected chi connectivity index (χ2v) is 2.11. The van der Waals surface area contributed by atoms with E-state index in [4.69, 9.17) is 10.4 Å². The first-order valence-corrected chi connectivity index (χ1v) is 2.62. The third-order valence-electron chi connectivity index (χ3n) is 0.962. The van der Waals surface area contributed by atoms with Crippen molar-refractivity contribution in [2.45, 2.75) is 20.0 Å². The van der Waals surface area contributed by atoms with Gasteiger partial charge in [-0.05, 0) is 5.92 Å². The molecule has 0 fully saturated rings. The Morgan fingerprint density at radius 1 is 1.56 bits per heavy atom. The zero-order valence-corrected chi connectivity index (χ0v) is 5.37. The lowest BCUT2D eigenvalue weighted by Crippen LogP contribution is -2.27.